The maximum atomic E-state index is 12.7. The summed E-state index contributed by atoms with van der Waals surface area (Å²) in [5.41, 5.74) is 0.346. The summed E-state index contributed by atoms with van der Waals surface area (Å²) >= 11 is 0. The normalized spacial score (nSPS) is 16.2. The van der Waals surface area contributed by atoms with Gasteiger partial charge in [0.2, 0.25) is 0 Å². The topological polar surface area (TPSA) is 74.7 Å². The first-order valence-corrected chi connectivity index (χ1v) is 9.27. The van der Waals surface area contributed by atoms with Crippen LogP contribution in [0.5, 0.6) is 0 Å². The maximum Gasteiger partial charge on any atom is 0.419 e. The van der Waals surface area contributed by atoms with Gasteiger partial charge in [-0.05, 0) is 31.2 Å². The number of anilines is 2. The molecule has 1 saturated heterocycles. The number of H-pyrrole nitrogens is 1. The van der Waals surface area contributed by atoms with Crippen molar-refractivity contribution in [3.8, 4) is 6.07 Å². The van der Waals surface area contributed by atoms with Crippen LogP contribution in [0.1, 0.15) is 18.1 Å². The zero-order chi connectivity index (χ0) is 21.0. The van der Waals surface area contributed by atoms with E-state index in [1.807, 2.05) is 17.9 Å². The molecule has 152 valence electrons. The minimum atomic E-state index is -4.37. The summed E-state index contributed by atoms with van der Waals surface area (Å²) in [5.74, 6) is 0.493. The molecule has 2 heterocycles. The Kier molecular flexibility index (Phi) is 6.03. The SMILES string of the molecule is C[C@H](C(=O)Nc1cccc(C#N)c1)[NH+]1CCN(c2ccc(C(F)(F)F)c[nH+]2)CC1. The molecule has 1 aliphatic heterocycles. The van der Waals surface area contributed by atoms with Gasteiger partial charge in [0.25, 0.3) is 11.7 Å². The van der Waals surface area contributed by atoms with Crippen molar-refractivity contribution in [2.45, 2.75) is 19.1 Å². The van der Waals surface area contributed by atoms with Crippen LogP contribution in [-0.2, 0) is 11.0 Å². The van der Waals surface area contributed by atoms with Gasteiger partial charge in [-0.2, -0.15) is 18.4 Å². The Hall–Kier alpha value is -3.12. The van der Waals surface area contributed by atoms with E-state index < -0.39 is 11.7 Å². The van der Waals surface area contributed by atoms with Crippen LogP contribution in [0.15, 0.2) is 42.6 Å². The van der Waals surface area contributed by atoms with Crippen LogP contribution in [0.4, 0.5) is 24.7 Å². The van der Waals surface area contributed by atoms with E-state index in [2.05, 4.69) is 10.3 Å². The summed E-state index contributed by atoms with van der Waals surface area (Å²) in [4.78, 5) is 18.3. The lowest BCUT2D eigenvalue weighted by Gasteiger charge is -2.31. The summed E-state index contributed by atoms with van der Waals surface area (Å²) in [7, 11) is 0. The first-order valence-electron chi connectivity index (χ1n) is 9.27. The van der Waals surface area contributed by atoms with E-state index in [1.165, 1.54) is 6.07 Å². The molecular weight excluding hydrogens is 383 g/mol. The number of piperazine rings is 1. The van der Waals surface area contributed by atoms with Gasteiger partial charge in [-0.1, -0.05) is 6.07 Å². The second-order valence-corrected chi connectivity index (χ2v) is 7.01. The van der Waals surface area contributed by atoms with Crippen molar-refractivity contribution in [1.29, 1.82) is 5.26 Å². The van der Waals surface area contributed by atoms with Crippen LogP contribution < -0.4 is 20.1 Å². The van der Waals surface area contributed by atoms with Crippen LogP contribution in [0, 0.1) is 11.3 Å². The van der Waals surface area contributed by atoms with Gasteiger partial charge in [0.05, 0.1) is 17.2 Å². The van der Waals surface area contributed by atoms with Gasteiger partial charge in [-0.15, -0.1) is 0 Å². The molecule has 1 aliphatic rings. The predicted octanol–water partition coefficient (Wildman–Crippen LogP) is 1.12. The average Bonchev–Trinajstić information content (AvgIpc) is 2.73. The Morgan fingerprint density at radius 2 is 2.00 bits per heavy atom. The molecule has 29 heavy (non-hydrogen) atoms. The number of benzene rings is 1. The van der Waals surface area contributed by atoms with E-state index in [-0.39, 0.29) is 11.9 Å². The van der Waals surface area contributed by atoms with Crippen molar-refractivity contribution >= 4 is 17.4 Å². The lowest BCUT2D eigenvalue weighted by atomic mass is 10.2. The number of nitrogens with one attached hydrogen (secondary N) is 3. The predicted molar refractivity (Wildman–Crippen MR) is 100 cm³/mol. The Balaban J connectivity index is 1.55. The van der Waals surface area contributed by atoms with Gasteiger partial charge in [0.15, 0.2) is 6.04 Å². The van der Waals surface area contributed by atoms with Crippen molar-refractivity contribution in [1.82, 2.24) is 0 Å². The zero-order valence-electron chi connectivity index (χ0n) is 15.9. The van der Waals surface area contributed by atoms with Gasteiger partial charge in [-0.25, -0.2) is 4.98 Å². The third kappa shape index (κ3) is 5.03. The number of pyridine rings is 1. The third-order valence-electron chi connectivity index (χ3n) is 5.13. The van der Waals surface area contributed by atoms with Crippen LogP contribution in [0.25, 0.3) is 0 Å². The first-order chi connectivity index (χ1) is 13.8. The molecular formula is C20H22F3N5O+2. The smallest absolute Gasteiger partial charge is 0.321 e. The maximum absolute atomic E-state index is 12.7. The summed E-state index contributed by atoms with van der Waals surface area (Å²) in [5, 5.41) is 11.8. The zero-order valence-corrected chi connectivity index (χ0v) is 15.9. The van der Waals surface area contributed by atoms with Crippen molar-refractivity contribution in [2.75, 3.05) is 36.4 Å². The van der Waals surface area contributed by atoms with Crippen LogP contribution in [0.3, 0.4) is 0 Å². The van der Waals surface area contributed by atoms with E-state index >= 15 is 0 Å². The molecule has 9 heteroatoms. The first kappa shape index (κ1) is 20.6. The Bertz CT molecular complexity index is 900. The number of nitrogens with zero attached hydrogens (tertiary/aromatic N) is 2. The van der Waals surface area contributed by atoms with E-state index in [1.54, 1.807) is 24.3 Å². The number of nitriles is 1. The fourth-order valence-electron chi connectivity index (χ4n) is 3.36. The molecule has 3 rings (SSSR count). The number of carbonyl (C=O) groups is 1. The summed E-state index contributed by atoms with van der Waals surface area (Å²) in [6.45, 7) is 4.46. The Labute approximate surface area is 166 Å². The monoisotopic (exact) mass is 405 g/mol. The summed E-state index contributed by atoms with van der Waals surface area (Å²) < 4.78 is 38.1. The van der Waals surface area contributed by atoms with E-state index in [0.29, 0.717) is 43.2 Å². The molecule has 0 spiro atoms. The molecule has 1 aromatic heterocycles. The number of halogens is 3. The Morgan fingerprint density at radius 1 is 1.28 bits per heavy atom. The highest BCUT2D eigenvalue weighted by Crippen LogP contribution is 2.28. The molecule has 1 amide bonds. The third-order valence-corrected chi connectivity index (χ3v) is 5.13. The lowest BCUT2D eigenvalue weighted by molar-refractivity contribution is -0.914. The van der Waals surface area contributed by atoms with Gasteiger partial charge < -0.3 is 10.2 Å². The highest BCUT2D eigenvalue weighted by molar-refractivity contribution is 5.93. The molecule has 0 unspecified atom stereocenters. The highest BCUT2D eigenvalue weighted by atomic mass is 19.4. The van der Waals surface area contributed by atoms with E-state index in [0.717, 1.165) is 17.2 Å². The quantitative estimate of drug-likeness (QED) is 0.801. The van der Waals surface area contributed by atoms with Crippen molar-refractivity contribution in [3.05, 3.63) is 53.7 Å². The van der Waals surface area contributed by atoms with Gasteiger partial charge in [-0.3, -0.25) is 9.69 Å². The highest BCUT2D eigenvalue weighted by Gasteiger charge is 2.34. The largest absolute Gasteiger partial charge is 0.419 e. The number of hydrogen-bond donors (Lipinski definition) is 2. The lowest BCUT2D eigenvalue weighted by Crippen LogP contribution is -3.19. The van der Waals surface area contributed by atoms with Gasteiger partial charge >= 0.3 is 6.18 Å². The number of aromatic nitrogens is 1. The number of hydrogen-bond acceptors (Lipinski definition) is 3. The molecule has 0 radical (unpaired) electrons. The van der Waals surface area contributed by atoms with Crippen LogP contribution in [-0.4, -0.2) is 38.1 Å². The molecule has 0 saturated carbocycles. The molecule has 1 fully saturated rings. The molecule has 0 aliphatic carbocycles. The van der Waals surface area contributed by atoms with Crippen LogP contribution >= 0.6 is 0 Å². The number of carbonyl (C=O) groups excluding carboxylic acids is 1. The average molecular weight is 405 g/mol. The fraction of sp³-hybridized carbons (Fsp3) is 0.350. The minimum Gasteiger partial charge on any atom is -0.321 e. The van der Waals surface area contributed by atoms with Crippen molar-refractivity contribution in [2.24, 2.45) is 0 Å². The minimum absolute atomic E-state index is 0.135. The summed E-state index contributed by atoms with van der Waals surface area (Å²) in [6.07, 6.45) is -3.40. The van der Waals surface area contributed by atoms with Crippen molar-refractivity contribution < 1.29 is 27.8 Å². The molecule has 3 N–H and O–H groups in total. The second kappa shape index (κ2) is 8.49. The molecule has 6 nitrogen and oxygen atoms in total. The number of rotatable bonds is 4. The standard InChI is InChI=1S/C20H20F3N5O/c1-14(19(29)26-17-4-2-3-15(11-17)12-24)27-7-9-28(10-8-27)18-6-5-16(13-25-18)20(21,22)23/h2-6,11,13-14H,7-10H2,1H3,(H,26,29)/p+2/t14-/m1/s1. The van der Waals surface area contributed by atoms with Crippen molar-refractivity contribution in [3.63, 3.8) is 0 Å². The summed E-state index contributed by atoms with van der Waals surface area (Å²) in [6, 6.07) is 11.0. The molecule has 1 atom stereocenters. The van der Waals surface area contributed by atoms with Crippen LogP contribution in [0.2, 0.25) is 0 Å². The molecule has 1 aromatic carbocycles. The number of aromatic amines is 1. The van der Waals surface area contributed by atoms with Gasteiger partial charge in [0.1, 0.15) is 32.4 Å². The second-order valence-electron chi connectivity index (χ2n) is 7.01. The number of amides is 1. The number of quaternary nitrogens is 1. The number of alkyl halides is 3. The Morgan fingerprint density at radius 3 is 2.59 bits per heavy atom. The molecule has 2 aromatic rings. The fourth-order valence-corrected chi connectivity index (χ4v) is 3.36. The van der Waals surface area contributed by atoms with E-state index in [4.69, 9.17) is 5.26 Å². The molecule has 0 bridgehead atoms. The van der Waals surface area contributed by atoms with E-state index in [9.17, 15) is 18.0 Å². The van der Waals surface area contributed by atoms with Gasteiger partial charge in [0, 0.05) is 11.8 Å².